The lowest BCUT2D eigenvalue weighted by Crippen LogP contribution is -2.20. The van der Waals surface area contributed by atoms with E-state index in [1.807, 2.05) is 13.8 Å². The van der Waals surface area contributed by atoms with Crippen molar-refractivity contribution < 1.29 is 4.39 Å². The Bertz CT molecular complexity index is 112. The predicted molar refractivity (Wildman–Crippen MR) is 37.8 cm³/mol. The van der Waals surface area contributed by atoms with E-state index in [0.717, 1.165) is 0 Å². The fourth-order valence-corrected chi connectivity index (χ4v) is 0.398. The van der Waals surface area contributed by atoms with Crippen molar-refractivity contribution in [3.8, 4) is 0 Å². The van der Waals surface area contributed by atoms with Gasteiger partial charge in [0.2, 0.25) is 0 Å². The number of allylic oxidation sites excluding steroid dienone is 1. The zero-order valence-corrected chi connectivity index (χ0v) is 6.46. The van der Waals surface area contributed by atoms with Crippen LogP contribution < -0.4 is 5.32 Å². The SMILES string of the molecule is CC(C)=C(F)NC(C)C. The maximum atomic E-state index is 12.5. The molecular formula is C7H14FN. The largest absolute Gasteiger partial charge is 0.360 e. The number of nitrogens with one attached hydrogen (secondary N) is 1. The van der Waals surface area contributed by atoms with Crippen LogP contribution in [0.1, 0.15) is 27.7 Å². The molecule has 0 spiro atoms. The third-order valence-electron chi connectivity index (χ3n) is 0.854. The Morgan fingerprint density at radius 2 is 1.78 bits per heavy atom. The first-order valence-corrected chi connectivity index (χ1v) is 3.13. The fraction of sp³-hybridized carbons (Fsp3) is 0.714. The van der Waals surface area contributed by atoms with Gasteiger partial charge in [0.15, 0.2) is 5.95 Å². The van der Waals surface area contributed by atoms with Crippen LogP contribution >= 0.6 is 0 Å². The van der Waals surface area contributed by atoms with E-state index in [0.29, 0.717) is 5.57 Å². The van der Waals surface area contributed by atoms with Crippen LogP contribution in [0.3, 0.4) is 0 Å². The van der Waals surface area contributed by atoms with E-state index < -0.39 is 0 Å². The van der Waals surface area contributed by atoms with Crippen molar-refractivity contribution >= 4 is 0 Å². The maximum absolute atomic E-state index is 12.5. The molecule has 0 aromatic carbocycles. The molecule has 0 heterocycles. The molecule has 0 radical (unpaired) electrons. The van der Waals surface area contributed by atoms with Gasteiger partial charge in [-0.2, -0.15) is 4.39 Å². The summed E-state index contributed by atoms with van der Waals surface area (Å²) in [4.78, 5) is 0. The van der Waals surface area contributed by atoms with Crippen LogP contribution in [0.25, 0.3) is 0 Å². The molecule has 0 amide bonds. The molecule has 0 aliphatic heterocycles. The Morgan fingerprint density at radius 1 is 1.33 bits per heavy atom. The average molecular weight is 131 g/mol. The summed E-state index contributed by atoms with van der Waals surface area (Å²) < 4.78 is 12.5. The minimum Gasteiger partial charge on any atom is -0.360 e. The molecule has 54 valence electrons. The molecule has 0 saturated carbocycles. The molecule has 2 heteroatoms. The van der Waals surface area contributed by atoms with Gasteiger partial charge in [0.1, 0.15) is 0 Å². The summed E-state index contributed by atoms with van der Waals surface area (Å²) in [6, 6.07) is 0.180. The Hall–Kier alpha value is -0.530. The first-order valence-electron chi connectivity index (χ1n) is 3.13. The van der Waals surface area contributed by atoms with Crippen LogP contribution in [-0.4, -0.2) is 6.04 Å². The summed E-state index contributed by atoms with van der Waals surface area (Å²) in [7, 11) is 0. The lowest BCUT2D eigenvalue weighted by Gasteiger charge is -2.07. The van der Waals surface area contributed by atoms with Gasteiger partial charge in [-0.05, 0) is 33.3 Å². The molecule has 0 aromatic heterocycles. The molecule has 0 saturated heterocycles. The quantitative estimate of drug-likeness (QED) is 0.566. The summed E-state index contributed by atoms with van der Waals surface area (Å²) in [5.41, 5.74) is 0.698. The number of rotatable bonds is 2. The summed E-state index contributed by atoms with van der Waals surface area (Å²) in [6.45, 7) is 7.29. The second kappa shape index (κ2) is 3.49. The standard InChI is InChI=1S/C7H14FN/c1-5(2)7(8)9-6(3)4/h6,9H,1-4H3. The third kappa shape index (κ3) is 4.01. The van der Waals surface area contributed by atoms with E-state index in [1.165, 1.54) is 0 Å². The number of hydrogen-bond acceptors (Lipinski definition) is 1. The molecule has 9 heavy (non-hydrogen) atoms. The van der Waals surface area contributed by atoms with Crippen LogP contribution in [0.2, 0.25) is 0 Å². The molecule has 0 aromatic rings. The Morgan fingerprint density at radius 3 is 1.89 bits per heavy atom. The minimum atomic E-state index is -0.204. The zero-order chi connectivity index (χ0) is 7.44. The minimum absolute atomic E-state index is 0.180. The molecule has 1 N–H and O–H groups in total. The van der Waals surface area contributed by atoms with Gasteiger partial charge in [0, 0.05) is 6.04 Å². The highest BCUT2D eigenvalue weighted by molar-refractivity contribution is 4.99. The Labute approximate surface area is 56.0 Å². The van der Waals surface area contributed by atoms with Gasteiger partial charge in [-0.25, -0.2) is 0 Å². The van der Waals surface area contributed by atoms with Crippen molar-refractivity contribution in [1.82, 2.24) is 5.32 Å². The van der Waals surface area contributed by atoms with Crippen molar-refractivity contribution in [2.75, 3.05) is 0 Å². The first-order chi connectivity index (χ1) is 4.04. The van der Waals surface area contributed by atoms with Crippen molar-refractivity contribution in [2.24, 2.45) is 0 Å². The van der Waals surface area contributed by atoms with Gasteiger partial charge in [0.25, 0.3) is 0 Å². The smallest absolute Gasteiger partial charge is 0.185 e. The predicted octanol–water partition coefficient (Wildman–Crippen LogP) is 2.21. The Balaban J connectivity index is 3.77. The second-order valence-electron chi connectivity index (χ2n) is 2.61. The molecule has 0 unspecified atom stereocenters. The van der Waals surface area contributed by atoms with E-state index in [1.54, 1.807) is 13.8 Å². The molecule has 0 atom stereocenters. The highest BCUT2D eigenvalue weighted by atomic mass is 19.1. The van der Waals surface area contributed by atoms with E-state index in [2.05, 4.69) is 5.32 Å². The molecule has 0 bridgehead atoms. The summed E-state index contributed by atoms with van der Waals surface area (Å²) in [5, 5.41) is 2.66. The van der Waals surface area contributed by atoms with Crippen molar-refractivity contribution in [2.45, 2.75) is 33.7 Å². The van der Waals surface area contributed by atoms with Gasteiger partial charge < -0.3 is 5.32 Å². The normalized spacial score (nSPS) is 9.56. The maximum Gasteiger partial charge on any atom is 0.185 e. The van der Waals surface area contributed by atoms with Gasteiger partial charge in [0.05, 0.1) is 0 Å². The van der Waals surface area contributed by atoms with Gasteiger partial charge >= 0.3 is 0 Å². The average Bonchev–Trinajstić information content (AvgIpc) is 1.63. The molecular weight excluding hydrogens is 117 g/mol. The lowest BCUT2D eigenvalue weighted by molar-refractivity contribution is 0.495. The number of hydrogen-bond donors (Lipinski definition) is 1. The van der Waals surface area contributed by atoms with Crippen LogP contribution in [0.5, 0.6) is 0 Å². The van der Waals surface area contributed by atoms with E-state index in [9.17, 15) is 4.39 Å². The van der Waals surface area contributed by atoms with Gasteiger partial charge in [-0.1, -0.05) is 0 Å². The van der Waals surface area contributed by atoms with Gasteiger partial charge in [-0.3, -0.25) is 0 Å². The van der Waals surface area contributed by atoms with Crippen molar-refractivity contribution in [3.05, 3.63) is 11.5 Å². The van der Waals surface area contributed by atoms with Crippen LogP contribution in [0.4, 0.5) is 4.39 Å². The van der Waals surface area contributed by atoms with Crippen molar-refractivity contribution in [1.29, 1.82) is 0 Å². The zero-order valence-electron chi connectivity index (χ0n) is 6.46. The fourth-order valence-electron chi connectivity index (χ4n) is 0.398. The summed E-state index contributed by atoms with van der Waals surface area (Å²) >= 11 is 0. The molecule has 0 fully saturated rings. The summed E-state index contributed by atoms with van der Waals surface area (Å²) in [6.07, 6.45) is 0. The Kier molecular flexibility index (Phi) is 3.28. The topological polar surface area (TPSA) is 12.0 Å². The molecule has 0 aliphatic carbocycles. The van der Waals surface area contributed by atoms with E-state index in [-0.39, 0.29) is 12.0 Å². The van der Waals surface area contributed by atoms with Crippen LogP contribution in [-0.2, 0) is 0 Å². The highest BCUT2D eigenvalue weighted by Gasteiger charge is 1.96. The second-order valence-corrected chi connectivity index (χ2v) is 2.61. The third-order valence-corrected chi connectivity index (χ3v) is 0.854. The van der Waals surface area contributed by atoms with Crippen LogP contribution in [0.15, 0.2) is 11.5 Å². The molecule has 1 nitrogen and oxygen atoms in total. The van der Waals surface area contributed by atoms with E-state index in [4.69, 9.17) is 0 Å². The van der Waals surface area contributed by atoms with Crippen molar-refractivity contribution in [3.63, 3.8) is 0 Å². The van der Waals surface area contributed by atoms with Crippen LogP contribution in [0, 0.1) is 0 Å². The van der Waals surface area contributed by atoms with E-state index >= 15 is 0 Å². The lowest BCUT2D eigenvalue weighted by atomic mass is 10.3. The monoisotopic (exact) mass is 131 g/mol. The van der Waals surface area contributed by atoms with Gasteiger partial charge in [-0.15, -0.1) is 0 Å². The highest BCUT2D eigenvalue weighted by Crippen LogP contribution is 2.00. The number of halogens is 1. The first kappa shape index (κ1) is 8.47. The molecule has 0 rings (SSSR count). The summed E-state index contributed by atoms with van der Waals surface area (Å²) in [5.74, 6) is -0.204. The molecule has 0 aliphatic rings.